The van der Waals surface area contributed by atoms with Crippen molar-refractivity contribution in [2.75, 3.05) is 25.0 Å². The zero-order valence-electron chi connectivity index (χ0n) is 15.4. The number of hydrogen-bond donors (Lipinski definition) is 1. The van der Waals surface area contributed by atoms with Crippen LogP contribution in [0.3, 0.4) is 0 Å². The van der Waals surface area contributed by atoms with E-state index in [1.54, 1.807) is 12.5 Å². The van der Waals surface area contributed by atoms with E-state index < -0.39 is 0 Å². The molecule has 0 aliphatic carbocycles. The van der Waals surface area contributed by atoms with Gasteiger partial charge in [-0.3, -0.25) is 4.98 Å². The lowest BCUT2D eigenvalue weighted by atomic mass is 9.98. The number of likely N-dealkylation sites (tertiary alicyclic amines) is 1. The van der Waals surface area contributed by atoms with E-state index in [-0.39, 0.29) is 6.04 Å². The van der Waals surface area contributed by atoms with Crippen molar-refractivity contribution in [3.63, 3.8) is 0 Å². The lowest BCUT2D eigenvalue weighted by Gasteiger charge is -2.34. The van der Waals surface area contributed by atoms with Crippen LogP contribution in [0, 0.1) is 0 Å². The number of nitrogens with zero attached hydrogens (tertiary/aromatic N) is 4. The van der Waals surface area contributed by atoms with Crippen LogP contribution in [0.5, 0.6) is 0 Å². The predicted molar refractivity (Wildman–Crippen MR) is 105 cm³/mol. The normalized spacial score (nSPS) is 15.8. The highest BCUT2D eigenvalue weighted by molar-refractivity contribution is 5.84. The Kier molecular flexibility index (Phi) is 4.80. The number of rotatable bonds is 6. The smallest absolute Gasteiger partial charge is 0.156 e. The summed E-state index contributed by atoms with van der Waals surface area (Å²) in [7, 11) is 0. The fourth-order valence-corrected chi connectivity index (χ4v) is 3.33. The standard InChI is InChI=1S/C21H25N5/c1-15(2)16-6-8-17(9-7-16)19(13-26-11-4-12-26)25-21-20-18(23-14-24-21)5-3-10-22-20/h3,5-10,14-15,19H,4,11-13H2,1-2H3,(H,23,24,25). The molecule has 1 unspecified atom stereocenters. The van der Waals surface area contributed by atoms with E-state index in [0.29, 0.717) is 5.92 Å². The van der Waals surface area contributed by atoms with E-state index in [0.717, 1.165) is 23.4 Å². The first-order valence-electron chi connectivity index (χ1n) is 9.35. The fourth-order valence-electron chi connectivity index (χ4n) is 3.33. The summed E-state index contributed by atoms with van der Waals surface area (Å²) in [5.41, 5.74) is 4.33. The Balaban J connectivity index is 1.64. The van der Waals surface area contributed by atoms with Gasteiger partial charge in [-0.15, -0.1) is 0 Å². The fraction of sp³-hybridized carbons (Fsp3) is 0.381. The largest absolute Gasteiger partial charge is 0.360 e. The lowest BCUT2D eigenvalue weighted by molar-refractivity contribution is 0.174. The highest BCUT2D eigenvalue weighted by Gasteiger charge is 2.22. The summed E-state index contributed by atoms with van der Waals surface area (Å²) in [5, 5.41) is 3.63. The molecule has 3 aromatic rings. The van der Waals surface area contributed by atoms with Gasteiger partial charge in [0.15, 0.2) is 5.82 Å². The van der Waals surface area contributed by atoms with Gasteiger partial charge in [-0.1, -0.05) is 38.1 Å². The zero-order chi connectivity index (χ0) is 17.9. The van der Waals surface area contributed by atoms with Gasteiger partial charge in [0, 0.05) is 12.7 Å². The first-order chi connectivity index (χ1) is 12.7. The number of hydrogen-bond acceptors (Lipinski definition) is 5. The van der Waals surface area contributed by atoms with Crippen molar-refractivity contribution in [3.8, 4) is 0 Å². The van der Waals surface area contributed by atoms with Crippen LogP contribution in [0.4, 0.5) is 5.82 Å². The van der Waals surface area contributed by atoms with Crippen molar-refractivity contribution in [1.29, 1.82) is 0 Å². The van der Waals surface area contributed by atoms with Crippen LogP contribution in [0.25, 0.3) is 11.0 Å². The molecule has 1 atom stereocenters. The molecule has 5 nitrogen and oxygen atoms in total. The molecule has 3 heterocycles. The maximum Gasteiger partial charge on any atom is 0.156 e. The van der Waals surface area contributed by atoms with Crippen molar-refractivity contribution >= 4 is 16.9 Å². The van der Waals surface area contributed by atoms with Crippen LogP contribution in [0.2, 0.25) is 0 Å². The maximum atomic E-state index is 4.48. The molecule has 26 heavy (non-hydrogen) atoms. The van der Waals surface area contributed by atoms with E-state index in [4.69, 9.17) is 0 Å². The molecule has 134 valence electrons. The lowest BCUT2D eigenvalue weighted by Crippen LogP contribution is -2.41. The number of aromatic nitrogens is 3. The quantitative estimate of drug-likeness (QED) is 0.730. The predicted octanol–water partition coefficient (Wildman–Crippen LogP) is 4.01. The Labute approximate surface area is 154 Å². The second-order valence-electron chi connectivity index (χ2n) is 7.27. The molecule has 0 bridgehead atoms. The minimum absolute atomic E-state index is 0.177. The molecule has 0 amide bonds. The van der Waals surface area contributed by atoms with Crippen molar-refractivity contribution in [3.05, 3.63) is 60.0 Å². The first kappa shape index (κ1) is 16.9. The van der Waals surface area contributed by atoms with Gasteiger partial charge in [0.2, 0.25) is 0 Å². The van der Waals surface area contributed by atoms with Gasteiger partial charge in [0.1, 0.15) is 11.8 Å². The topological polar surface area (TPSA) is 53.9 Å². The third-order valence-electron chi connectivity index (χ3n) is 5.10. The van der Waals surface area contributed by atoms with Crippen LogP contribution in [0.15, 0.2) is 48.9 Å². The van der Waals surface area contributed by atoms with Gasteiger partial charge >= 0.3 is 0 Å². The van der Waals surface area contributed by atoms with Gasteiger partial charge < -0.3 is 10.2 Å². The number of nitrogens with one attached hydrogen (secondary N) is 1. The van der Waals surface area contributed by atoms with Crippen LogP contribution in [-0.2, 0) is 0 Å². The van der Waals surface area contributed by atoms with Crippen LogP contribution in [-0.4, -0.2) is 39.5 Å². The van der Waals surface area contributed by atoms with Crippen molar-refractivity contribution in [2.45, 2.75) is 32.2 Å². The molecular formula is C21H25N5. The molecule has 4 rings (SSSR count). The number of benzene rings is 1. The molecule has 5 heteroatoms. The van der Waals surface area contributed by atoms with E-state index in [1.165, 1.54) is 30.6 Å². The second-order valence-corrected chi connectivity index (χ2v) is 7.27. The van der Waals surface area contributed by atoms with Gasteiger partial charge in [0.05, 0.1) is 11.6 Å². The van der Waals surface area contributed by atoms with E-state index in [9.17, 15) is 0 Å². The molecular weight excluding hydrogens is 322 g/mol. The summed E-state index contributed by atoms with van der Waals surface area (Å²) in [4.78, 5) is 15.7. The van der Waals surface area contributed by atoms with Crippen LogP contribution < -0.4 is 5.32 Å². The second kappa shape index (κ2) is 7.38. The summed E-state index contributed by atoms with van der Waals surface area (Å²) in [6, 6.07) is 13.0. The zero-order valence-corrected chi connectivity index (χ0v) is 15.4. The molecule has 1 N–H and O–H groups in total. The minimum atomic E-state index is 0.177. The molecule has 0 spiro atoms. The average Bonchev–Trinajstić information content (AvgIpc) is 2.64. The average molecular weight is 347 g/mol. The Morgan fingerprint density at radius 2 is 1.77 bits per heavy atom. The van der Waals surface area contributed by atoms with Crippen molar-refractivity contribution < 1.29 is 0 Å². The van der Waals surface area contributed by atoms with Gasteiger partial charge in [0.25, 0.3) is 0 Å². The van der Waals surface area contributed by atoms with E-state index in [1.807, 2.05) is 12.1 Å². The number of anilines is 1. The molecule has 1 fully saturated rings. The number of fused-ring (bicyclic) bond motifs is 1. The molecule has 2 aromatic heterocycles. The van der Waals surface area contributed by atoms with Crippen molar-refractivity contribution in [2.24, 2.45) is 0 Å². The summed E-state index contributed by atoms with van der Waals surface area (Å²) in [6.45, 7) is 7.77. The summed E-state index contributed by atoms with van der Waals surface area (Å²) >= 11 is 0. The highest BCUT2D eigenvalue weighted by Crippen LogP contribution is 2.26. The van der Waals surface area contributed by atoms with Crippen LogP contribution >= 0.6 is 0 Å². The van der Waals surface area contributed by atoms with E-state index in [2.05, 4.69) is 63.3 Å². The molecule has 1 saturated heterocycles. The summed E-state index contributed by atoms with van der Waals surface area (Å²) in [5.74, 6) is 1.34. The van der Waals surface area contributed by atoms with Crippen molar-refractivity contribution in [1.82, 2.24) is 19.9 Å². The third kappa shape index (κ3) is 3.53. The van der Waals surface area contributed by atoms with Gasteiger partial charge in [-0.05, 0) is 48.7 Å². The third-order valence-corrected chi connectivity index (χ3v) is 5.10. The first-order valence-corrected chi connectivity index (χ1v) is 9.35. The summed E-state index contributed by atoms with van der Waals surface area (Å²) in [6.07, 6.45) is 4.69. The molecule has 0 radical (unpaired) electrons. The highest BCUT2D eigenvalue weighted by atomic mass is 15.2. The summed E-state index contributed by atoms with van der Waals surface area (Å²) < 4.78 is 0. The molecule has 1 aliphatic rings. The maximum absolute atomic E-state index is 4.48. The van der Waals surface area contributed by atoms with Gasteiger partial charge in [-0.2, -0.15) is 0 Å². The Morgan fingerprint density at radius 3 is 2.46 bits per heavy atom. The Bertz CT molecular complexity index is 866. The Hall–Kier alpha value is -2.53. The van der Waals surface area contributed by atoms with Crippen LogP contribution in [0.1, 0.15) is 43.4 Å². The SMILES string of the molecule is CC(C)c1ccc(C(CN2CCC2)Nc2ncnc3cccnc23)cc1. The monoisotopic (exact) mass is 347 g/mol. The number of pyridine rings is 1. The molecule has 1 aliphatic heterocycles. The molecule has 1 aromatic carbocycles. The van der Waals surface area contributed by atoms with Gasteiger partial charge in [-0.25, -0.2) is 9.97 Å². The minimum Gasteiger partial charge on any atom is -0.360 e. The van der Waals surface area contributed by atoms with E-state index >= 15 is 0 Å². The molecule has 0 saturated carbocycles. The Morgan fingerprint density at radius 1 is 1.00 bits per heavy atom.